The highest BCUT2D eigenvalue weighted by Gasteiger charge is 2.26. The highest BCUT2D eigenvalue weighted by molar-refractivity contribution is 5.76. The summed E-state index contributed by atoms with van der Waals surface area (Å²) in [5.41, 5.74) is 0.620. The summed E-state index contributed by atoms with van der Waals surface area (Å²) in [5.74, 6) is -0.196. The van der Waals surface area contributed by atoms with E-state index in [4.69, 9.17) is 0 Å². The lowest BCUT2D eigenvalue weighted by atomic mass is 9.87. The van der Waals surface area contributed by atoms with Crippen LogP contribution in [0.15, 0.2) is 58.1 Å². The van der Waals surface area contributed by atoms with E-state index < -0.39 is 11.8 Å². The fraction of sp³-hybridized carbons (Fsp3) is 0.364. The van der Waals surface area contributed by atoms with Crippen molar-refractivity contribution in [2.24, 2.45) is 5.92 Å². The van der Waals surface area contributed by atoms with Crippen LogP contribution in [0.2, 0.25) is 0 Å². The molecule has 2 N–H and O–H groups in total. The Morgan fingerprint density at radius 3 is 2.45 bits per heavy atom. The lowest BCUT2D eigenvalue weighted by molar-refractivity contribution is 0.0577. The molecule has 2 heterocycles. The highest BCUT2D eigenvalue weighted by Crippen LogP contribution is 2.30. The summed E-state index contributed by atoms with van der Waals surface area (Å²) in [6, 6.07) is 13.0. The molecular weight excluding hydrogens is 373 g/mol. The Morgan fingerprint density at radius 2 is 1.72 bits per heavy atom. The summed E-state index contributed by atoms with van der Waals surface area (Å²) < 4.78 is 14.3. The molecule has 0 aliphatic carbocycles. The van der Waals surface area contributed by atoms with Crippen LogP contribution >= 0.6 is 0 Å². The summed E-state index contributed by atoms with van der Waals surface area (Å²) in [6.45, 7) is 2.48. The Balaban J connectivity index is 1.37. The van der Waals surface area contributed by atoms with Gasteiger partial charge in [0.05, 0.1) is 17.0 Å². The van der Waals surface area contributed by atoms with Gasteiger partial charge in [0.2, 0.25) is 0 Å². The van der Waals surface area contributed by atoms with Crippen LogP contribution in [0.25, 0.3) is 10.9 Å². The molecule has 4 rings (SSSR count). The number of rotatable bonds is 5. The van der Waals surface area contributed by atoms with E-state index >= 15 is 0 Å². The minimum absolute atomic E-state index is 0.114. The van der Waals surface area contributed by atoms with Gasteiger partial charge < -0.3 is 15.0 Å². The zero-order chi connectivity index (χ0) is 20.4. The summed E-state index contributed by atoms with van der Waals surface area (Å²) in [6.07, 6.45) is 1.01. The van der Waals surface area contributed by atoms with Crippen molar-refractivity contribution in [2.75, 3.05) is 19.6 Å². The van der Waals surface area contributed by atoms with Gasteiger partial charge in [-0.05, 0) is 61.7 Å². The van der Waals surface area contributed by atoms with E-state index in [0.717, 1.165) is 31.5 Å². The summed E-state index contributed by atoms with van der Waals surface area (Å²) in [5, 5.41) is 11.1. The number of hydrogen-bond acceptors (Lipinski definition) is 4. The Hall–Kier alpha value is -2.77. The molecule has 6 nitrogen and oxygen atoms in total. The molecule has 1 aliphatic heterocycles. The molecule has 1 unspecified atom stereocenters. The standard InChI is InChI=1S/C22H24FN3O3/c23-17-7-5-15(6-8-17)20(27)16-9-11-25(12-10-16)13-14-26-21(28)18-3-1-2-4-19(18)24-22(26)29/h1-8,16,20,27H,9-14H2,(H,24,29). The van der Waals surface area contributed by atoms with Crippen LogP contribution in [0, 0.1) is 11.7 Å². The van der Waals surface area contributed by atoms with Crippen LogP contribution in [0.4, 0.5) is 4.39 Å². The zero-order valence-corrected chi connectivity index (χ0v) is 16.1. The van der Waals surface area contributed by atoms with Crippen LogP contribution in [-0.2, 0) is 6.54 Å². The van der Waals surface area contributed by atoms with E-state index in [0.29, 0.717) is 24.0 Å². The molecule has 29 heavy (non-hydrogen) atoms. The van der Waals surface area contributed by atoms with Crippen molar-refractivity contribution in [1.29, 1.82) is 0 Å². The second-order valence-electron chi connectivity index (χ2n) is 7.61. The van der Waals surface area contributed by atoms with Gasteiger partial charge in [0.1, 0.15) is 5.82 Å². The molecule has 0 radical (unpaired) electrons. The topological polar surface area (TPSA) is 78.3 Å². The van der Waals surface area contributed by atoms with Crippen molar-refractivity contribution in [3.05, 3.63) is 80.7 Å². The van der Waals surface area contributed by atoms with E-state index in [1.54, 1.807) is 36.4 Å². The maximum absolute atomic E-state index is 13.1. The number of aliphatic hydroxyl groups excluding tert-OH is 1. The summed E-state index contributed by atoms with van der Waals surface area (Å²) >= 11 is 0. The zero-order valence-electron chi connectivity index (χ0n) is 16.1. The van der Waals surface area contributed by atoms with E-state index in [9.17, 15) is 19.1 Å². The van der Waals surface area contributed by atoms with Crippen molar-refractivity contribution in [3.63, 3.8) is 0 Å². The van der Waals surface area contributed by atoms with Gasteiger partial charge in [0.15, 0.2) is 0 Å². The fourth-order valence-electron chi connectivity index (χ4n) is 4.07. The van der Waals surface area contributed by atoms with Crippen molar-refractivity contribution in [2.45, 2.75) is 25.5 Å². The predicted molar refractivity (Wildman–Crippen MR) is 109 cm³/mol. The smallest absolute Gasteiger partial charge is 0.328 e. The molecule has 2 aromatic carbocycles. The quantitative estimate of drug-likeness (QED) is 0.692. The van der Waals surface area contributed by atoms with E-state index in [1.165, 1.54) is 16.7 Å². The van der Waals surface area contributed by atoms with Crippen molar-refractivity contribution < 1.29 is 9.50 Å². The van der Waals surface area contributed by atoms with Gasteiger partial charge in [0, 0.05) is 13.1 Å². The number of fused-ring (bicyclic) bond motifs is 1. The lowest BCUT2D eigenvalue weighted by Gasteiger charge is -2.34. The van der Waals surface area contributed by atoms with E-state index in [-0.39, 0.29) is 17.3 Å². The van der Waals surface area contributed by atoms with Crippen molar-refractivity contribution in [1.82, 2.24) is 14.5 Å². The molecule has 1 fully saturated rings. The maximum Gasteiger partial charge on any atom is 0.328 e. The van der Waals surface area contributed by atoms with Gasteiger partial charge in [-0.15, -0.1) is 0 Å². The fourth-order valence-corrected chi connectivity index (χ4v) is 4.07. The van der Waals surface area contributed by atoms with Gasteiger partial charge in [-0.1, -0.05) is 24.3 Å². The minimum Gasteiger partial charge on any atom is -0.388 e. The first-order valence-corrected chi connectivity index (χ1v) is 9.90. The number of benzene rings is 2. The van der Waals surface area contributed by atoms with Gasteiger partial charge in [-0.3, -0.25) is 9.36 Å². The van der Waals surface area contributed by atoms with Crippen LogP contribution in [0.3, 0.4) is 0 Å². The number of aromatic nitrogens is 2. The molecule has 1 aliphatic rings. The highest BCUT2D eigenvalue weighted by atomic mass is 19.1. The van der Waals surface area contributed by atoms with Crippen LogP contribution < -0.4 is 11.2 Å². The summed E-state index contributed by atoms with van der Waals surface area (Å²) in [7, 11) is 0. The number of likely N-dealkylation sites (tertiary alicyclic amines) is 1. The van der Waals surface area contributed by atoms with Crippen molar-refractivity contribution in [3.8, 4) is 0 Å². The molecule has 152 valence electrons. The number of aliphatic hydroxyl groups is 1. The average molecular weight is 397 g/mol. The molecule has 7 heteroatoms. The van der Waals surface area contributed by atoms with Crippen molar-refractivity contribution >= 4 is 10.9 Å². The number of piperidine rings is 1. The largest absolute Gasteiger partial charge is 0.388 e. The maximum atomic E-state index is 13.1. The number of nitrogens with zero attached hydrogens (tertiary/aromatic N) is 2. The van der Waals surface area contributed by atoms with Crippen LogP contribution in [-0.4, -0.2) is 39.2 Å². The molecule has 3 aromatic rings. The number of para-hydroxylation sites is 1. The molecule has 1 atom stereocenters. The second-order valence-corrected chi connectivity index (χ2v) is 7.61. The SMILES string of the molecule is O=c1[nH]c2ccccc2c(=O)n1CCN1CCC(C(O)c2ccc(F)cc2)CC1. The number of hydrogen-bond donors (Lipinski definition) is 2. The molecular formula is C22H24FN3O3. The van der Waals surface area contributed by atoms with E-state index in [2.05, 4.69) is 9.88 Å². The predicted octanol–water partition coefficient (Wildman–Crippen LogP) is 2.27. The number of nitrogens with one attached hydrogen (secondary N) is 1. The number of aromatic amines is 1. The Kier molecular flexibility index (Phi) is 5.60. The van der Waals surface area contributed by atoms with Gasteiger partial charge >= 0.3 is 5.69 Å². The second kappa shape index (κ2) is 8.31. The summed E-state index contributed by atoms with van der Waals surface area (Å²) in [4.78, 5) is 29.9. The van der Waals surface area contributed by atoms with Gasteiger partial charge in [0.25, 0.3) is 5.56 Å². The van der Waals surface area contributed by atoms with Crippen LogP contribution in [0.5, 0.6) is 0 Å². The first-order valence-electron chi connectivity index (χ1n) is 9.90. The Morgan fingerprint density at radius 1 is 1.03 bits per heavy atom. The third-order valence-electron chi connectivity index (χ3n) is 5.82. The Bertz CT molecular complexity index is 1100. The first-order chi connectivity index (χ1) is 14.0. The number of H-pyrrole nitrogens is 1. The third-order valence-corrected chi connectivity index (χ3v) is 5.82. The Labute approximate surface area is 167 Å². The van der Waals surface area contributed by atoms with Gasteiger partial charge in [-0.25, -0.2) is 9.18 Å². The molecule has 0 bridgehead atoms. The van der Waals surface area contributed by atoms with E-state index in [1.807, 2.05) is 0 Å². The molecule has 0 amide bonds. The van der Waals surface area contributed by atoms with Crippen LogP contribution in [0.1, 0.15) is 24.5 Å². The van der Waals surface area contributed by atoms with Gasteiger partial charge in [-0.2, -0.15) is 0 Å². The minimum atomic E-state index is -0.608. The molecule has 1 saturated heterocycles. The molecule has 0 saturated carbocycles. The average Bonchev–Trinajstić information content (AvgIpc) is 2.74. The lowest BCUT2D eigenvalue weighted by Crippen LogP contribution is -2.42. The molecule has 0 spiro atoms. The number of halogens is 1. The molecule has 1 aromatic heterocycles. The first kappa shape index (κ1) is 19.5. The normalized spacial score (nSPS) is 16.9. The third kappa shape index (κ3) is 4.16. The monoisotopic (exact) mass is 397 g/mol.